The number of benzene rings is 1. The minimum Gasteiger partial charge on any atom is -0.469 e. The highest BCUT2D eigenvalue weighted by Crippen LogP contribution is 2.28. The van der Waals surface area contributed by atoms with Gasteiger partial charge >= 0.3 is 0 Å². The first kappa shape index (κ1) is 18.8. The van der Waals surface area contributed by atoms with Gasteiger partial charge in [-0.3, -0.25) is 4.79 Å². The third-order valence-electron chi connectivity index (χ3n) is 4.70. The van der Waals surface area contributed by atoms with Gasteiger partial charge in [-0.1, -0.05) is 12.1 Å². The van der Waals surface area contributed by atoms with Crippen LogP contribution in [0.15, 0.2) is 53.1 Å². The Morgan fingerprint density at radius 3 is 2.72 bits per heavy atom. The van der Waals surface area contributed by atoms with Crippen molar-refractivity contribution < 1.29 is 13.6 Å². The van der Waals surface area contributed by atoms with Crippen molar-refractivity contribution in [3.63, 3.8) is 0 Å². The zero-order valence-electron chi connectivity index (χ0n) is 16.1. The Balaban J connectivity index is 1.46. The number of nitrogens with one attached hydrogen (secondary N) is 1. The predicted octanol–water partition coefficient (Wildman–Crippen LogP) is 3.43. The average molecular weight is 393 g/mol. The number of halogens is 1. The number of aromatic nitrogens is 4. The molecule has 0 saturated heterocycles. The van der Waals surface area contributed by atoms with E-state index < -0.39 is 0 Å². The van der Waals surface area contributed by atoms with Gasteiger partial charge in [0.15, 0.2) is 0 Å². The van der Waals surface area contributed by atoms with Crippen LogP contribution in [0.2, 0.25) is 0 Å². The van der Waals surface area contributed by atoms with Crippen molar-refractivity contribution in [3.05, 3.63) is 83.1 Å². The van der Waals surface area contributed by atoms with Crippen LogP contribution in [-0.4, -0.2) is 32.0 Å². The molecule has 1 aromatic carbocycles. The molecule has 0 spiro atoms. The summed E-state index contributed by atoms with van der Waals surface area (Å²) >= 11 is 0. The molecule has 0 fully saturated rings. The molecule has 1 unspecified atom stereocenters. The molecular weight excluding hydrogens is 373 g/mol. The molecule has 0 aliphatic heterocycles. The number of nitrogens with zero attached hydrogens (tertiary/aromatic N) is 4. The first-order valence-corrected chi connectivity index (χ1v) is 9.29. The van der Waals surface area contributed by atoms with Crippen molar-refractivity contribution in [2.24, 2.45) is 0 Å². The minimum absolute atomic E-state index is 0.0718. The number of hydrogen-bond acceptors (Lipinski definition) is 5. The number of aryl methyl sites for hydroxylation is 2. The van der Waals surface area contributed by atoms with E-state index in [4.69, 9.17) is 4.42 Å². The summed E-state index contributed by atoms with van der Waals surface area (Å²) < 4.78 is 20.4. The van der Waals surface area contributed by atoms with E-state index in [1.807, 2.05) is 32.0 Å². The second kappa shape index (κ2) is 7.83. The van der Waals surface area contributed by atoms with Crippen LogP contribution in [0.25, 0.3) is 5.78 Å². The van der Waals surface area contributed by atoms with Crippen molar-refractivity contribution in [2.75, 3.05) is 6.54 Å². The number of rotatable bonds is 6. The van der Waals surface area contributed by atoms with Crippen molar-refractivity contribution in [3.8, 4) is 0 Å². The second-order valence-electron chi connectivity index (χ2n) is 6.85. The Morgan fingerprint density at radius 1 is 1.21 bits per heavy atom. The van der Waals surface area contributed by atoms with E-state index in [2.05, 4.69) is 20.4 Å². The van der Waals surface area contributed by atoms with Gasteiger partial charge in [-0.25, -0.2) is 13.9 Å². The third kappa shape index (κ3) is 4.01. The zero-order chi connectivity index (χ0) is 20.4. The maximum atomic E-state index is 13.3. The lowest BCUT2D eigenvalue weighted by molar-refractivity contribution is 0.0942. The highest BCUT2D eigenvalue weighted by molar-refractivity contribution is 5.90. The van der Waals surface area contributed by atoms with E-state index in [1.165, 1.54) is 12.1 Å². The first-order chi connectivity index (χ1) is 14.0. The van der Waals surface area contributed by atoms with Crippen LogP contribution in [0.4, 0.5) is 4.39 Å². The van der Waals surface area contributed by atoms with Crippen LogP contribution >= 0.6 is 0 Å². The van der Waals surface area contributed by atoms with Crippen LogP contribution in [0.5, 0.6) is 0 Å². The normalized spacial score (nSPS) is 12.2. The lowest BCUT2D eigenvalue weighted by Gasteiger charge is -2.15. The molecule has 1 amide bonds. The largest absolute Gasteiger partial charge is 0.469 e. The molecular formula is C21H20FN5O2. The fourth-order valence-corrected chi connectivity index (χ4v) is 3.33. The van der Waals surface area contributed by atoms with Crippen molar-refractivity contribution in [2.45, 2.75) is 26.2 Å². The van der Waals surface area contributed by atoms with Gasteiger partial charge in [0.05, 0.1) is 6.26 Å². The van der Waals surface area contributed by atoms with Gasteiger partial charge in [0.1, 0.15) is 11.6 Å². The van der Waals surface area contributed by atoms with Gasteiger partial charge < -0.3 is 9.73 Å². The standard InChI is InChI=1S/C21H20FN5O2/c1-13-12-14(2)27-21(24-13)25-19(26-27)20(28)23-10-9-17(18-4-3-11-29-18)15-5-7-16(22)8-6-15/h3-8,11-12,17H,9-10H2,1-2H3,(H,23,28). The molecule has 8 heteroatoms. The van der Waals surface area contributed by atoms with E-state index >= 15 is 0 Å². The van der Waals surface area contributed by atoms with Crippen LogP contribution in [0.3, 0.4) is 0 Å². The van der Waals surface area contributed by atoms with Crippen molar-refractivity contribution in [1.29, 1.82) is 0 Å². The van der Waals surface area contributed by atoms with E-state index in [9.17, 15) is 9.18 Å². The fourth-order valence-electron chi connectivity index (χ4n) is 3.33. The highest BCUT2D eigenvalue weighted by Gasteiger charge is 2.19. The Labute approximate surface area is 166 Å². The SMILES string of the molecule is Cc1cc(C)n2nc(C(=O)NCCC(c3ccc(F)cc3)c3ccco3)nc2n1. The molecule has 0 aliphatic carbocycles. The Morgan fingerprint density at radius 2 is 2.00 bits per heavy atom. The fraction of sp³-hybridized carbons (Fsp3) is 0.238. The number of furan rings is 1. The Hall–Kier alpha value is -3.55. The molecule has 1 atom stereocenters. The molecule has 7 nitrogen and oxygen atoms in total. The minimum atomic E-state index is -0.371. The van der Waals surface area contributed by atoms with E-state index in [1.54, 1.807) is 22.9 Å². The summed E-state index contributed by atoms with van der Waals surface area (Å²) in [6, 6.07) is 11.8. The van der Waals surface area contributed by atoms with Crippen molar-refractivity contribution >= 4 is 11.7 Å². The summed E-state index contributed by atoms with van der Waals surface area (Å²) in [5.41, 5.74) is 2.58. The average Bonchev–Trinajstić information content (AvgIpc) is 3.36. The molecule has 148 valence electrons. The summed E-state index contributed by atoms with van der Waals surface area (Å²) in [4.78, 5) is 21.0. The number of hydrogen-bond donors (Lipinski definition) is 1. The summed E-state index contributed by atoms with van der Waals surface area (Å²) in [5, 5.41) is 7.09. The molecule has 3 heterocycles. The monoisotopic (exact) mass is 393 g/mol. The molecule has 29 heavy (non-hydrogen) atoms. The Kier molecular flexibility index (Phi) is 5.07. The maximum absolute atomic E-state index is 13.3. The number of carbonyl (C=O) groups excluding carboxylic acids is 1. The van der Waals surface area contributed by atoms with Gasteiger partial charge in [-0.05, 0) is 56.2 Å². The maximum Gasteiger partial charge on any atom is 0.291 e. The Bertz CT molecular complexity index is 1140. The third-order valence-corrected chi connectivity index (χ3v) is 4.70. The van der Waals surface area contributed by atoms with Gasteiger partial charge in [0.2, 0.25) is 5.82 Å². The zero-order valence-corrected chi connectivity index (χ0v) is 16.1. The summed E-state index contributed by atoms with van der Waals surface area (Å²) in [7, 11) is 0. The molecule has 3 aromatic heterocycles. The van der Waals surface area contributed by atoms with Crippen LogP contribution < -0.4 is 5.32 Å². The van der Waals surface area contributed by atoms with E-state index in [0.29, 0.717) is 18.7 Å². The van der Waals surface area contributed by atoms with Gasteiger partial charge in [0.25, 0.3) is 11.7 Å². The van der Waals surface area contributed by atoms with E-state index in [-0.39, 0.29) is 23.5 Å². The lowest BCUT2D eigenvalue weighted by atomic mass is 9.93. The van der Waals surface area contributed by atoms with Crippen LogP contribution in [-0.2, 0) is 0 Å². The smallest absolute Gasteiger partial charge is 0.291 e. The quantitative estimate of drug-likeness (QED) is 0.542. The first-order valence-electron chi connectivity index (χ1n) is 9.29. The van der Waals surface area contributed by atoms with Crippen LogP contribution in [0, 0.1) is 19.7 Å². The summed E-state index contributed by atoms with van der Waals surface area (Å²) in [6.07, 6.45) is 2.18. The van der Waals surface area contributed by atoms with E-state index in [0.717, 1.165) is 22.7 Å². The molecule has 1 N–H and O–H groups in total. The predicted molar refractivity (Wildman–Crippen MR) is 104 cm³/mol. The van der Waals surface area contributed by atoms with Gasteiger partial charge in [0, 0.05) is 23.9 Å². The highest BCUT2D eigenvalue weighted by atomic mass is 19.1. The van der Waals surface area contributed by atoms with Gasteiger partial charge in [-0.2, -0.15) is 4.98 Å². The van der Waals surface area contributed by atoms with Crippen LogP contribution in [0.1, 0.15) is 45.7 Å². The molecule has 0 saturated carbocycles. The topological polar surface area (TPSA) is 85.3 Å². The molecule has 0 bridgehead atoms. The second-order valence-corrected chi connectivity index (χ2v) is 6.85. The molecule has 0 radical (unpaired) electrons. The molecule has 4 rings (SSSR count). The van der Waals surface area contributed by atoms with Gasteiger partial charge in [-0.15, -0.1) is 5.10 Å². The summed E-state index contributed by atoms with van der Waals surface area (Å²) in [6.45, 7) is 4.13. The number of amides is 1. The molecule has 0 aliphatic rings. The van der Waals surface area contributed by atoms with Crippen molar-refractivity contribution in [1.82, 2.24) is 24.9 Å². The number of carbonyl (C=O) groups is 1. The summed E-state index contributed by atoms with van der Waals surface area (Å²) in [5.74, 6) is 0.454. The number of fused-ring (bicyclic) bond motifs is 1. The lowest BCUT2D eigenvalue weighted by Crippen LogP contribution is -2.27. The molecule has 4 aromatic rings.